The van der Waals surface area contributed by atoms with Crippen LogP contribution in [0.4, 0.5) is 10.1 Å². The summed E-state index contributed by atoms with van der Waals surface area (Å²) in [7, 11) is 0. The second-order valence-corrected chi connectivity index (χ2v) is 8.46. The Morgan fingerprint density at radius 1 is 1.23 bits per heavy atom. The van der Waals surface area contributed by atoms with Crippen LogP contribution in [0.2, 0.25) is 10.0 Å². The number of hydrogen-bond acceptors (Lipinski definition) is 4. The number of nitrogens with zero attached hydrogens (tertiary/aromatic N) is 2. The second-order valence-electron chi connectivity index (χ2n) is 6.70. The summed E-state index contributed by atoms with van der Waals surface area (Å²) < 4.78 is 14.4. The van der Waals surface area contributed by atoms with Crippen LogP contribution >= 0.6 is 35.0 Å². The van der Waals surface area contributed by atoms with Crippen LogP contribution in [-0.2, 0) is 9.59 Å². The number of thioether (sulfide) groups is 1. The molecule has 0 bridgehead atoms. The average Bonchev–Trinajstić information content (AvgIpc) is 2.98. The maximum atomic E-state index is 14.4. The quantitative estimate of drug-likeness (QED) is 0.622. The molecule has 2 aromatic rings. The van der Waals surface area contributed by atoms with E-state index < -0.39 is 11.7 Å². The van der Waals surface area contributed by atoms with Gasteiger partial charge in [-0.25, -0.2) is 9.38 Å². The molecule has 1 aliphatic heterocycles. The Morgan fingerprint density at radius 2 is 1.97 bits per heavy atom. The summed E-state index contributed by atoms with van der Waals surface area (Å²) in [5, 5.41) is 3.72. The molecule has 1 aliphatic rings. The van der Waals surface area contributed by atoms with Gasteiger partial charge in [-0.15, -0.1) is 0 Å². The third kappa shape index (κ3) is 5.22. The zero-order valence-electron chi connectivity index (χ0n) is 16.2. The van der Waals surface area contributed by atoms with Crippen molar-refractivity contribution >= 4 is 63.7 Å². The molecule has 1 heterocycles. The number of hydrogen-bond donors (Lipinski definition) is 1. The summed E-state index contributed by atoms with van der Waals surface area (Å²) >= 11 is 13.0. The van der Waals surface area contributed by atoms with Gasteiger partial charge >= 0.3 is 0 Å². The summed E-state index contributed by atoms with van der Waals surface area (Å²) in [4.78, 5) is 30.6. The van der Waals surface area contributed by atoms with Crippen LogP contribution in [0.15, 0.2) is 53.2 Å². The van der Waals surface area contributed by atoms with Gasteiger partial charge in [0.1, 0.15) is 11.5 Å². The Labute approximate surface area is 188 Å². The molecule has 0 saturated carbocycles. The minimum atomic E-state index is -0.568. The summed E-state index contributed by atoms with van der Waals surface area (Å²) in [6.07, 6.45) is 1.54. The highest BCUT2D eigenvalue weighted by Gasteiger charge is 2.33. The summed E-state index contributed by atoms with van der Waals surface area (Å²) in [6, 6.07) is 10.8. The topological polar surface area (TPSA) is 61.8 Å². The smallest absolute Gasteiger partial charge is 0.283 e. The molecule has 0 saturated heterocycles. The fourth-order valence-corrected chi connectivity index (χ4v) is 3.82. The maximum absolute atomic E-state index is 14.4. The van der Waals surface area contributed by atoms with Crippen molar-refractivity contribution in [2.45, 2.75) is 19.9 Å². The van der Waals surface area contributed by atoms with Crippen molar-refractivity contribution in [1.82, 2.24) is 5.32 Å². The van der Waals surface area contributed by atoms with E-state index in [9.17, 15) is 14.0 Å². The van der Waals surface area contributed by atoms with Crippen molar-refractivity contribution in [2.75, 3.05) is 10.7 Å². The number of carbonyl (C=O) groups is 2. The van der Waals surface area contributed by atoms with Gasteiger partial charge < -0.3 is 5.32 Å². The minimum absolute atomic E-state index is 0.0157. The Kier molecular flexibility index (Phi) is 7.18. The van der Waals surface area contributed by atoms with Gasteiger partial charge in [0, 0.05) is 6.04 Å². The normalized spacial score (nSPS) is 15.1. The molecule has 0 aliphatic carbocycles. The van der Waals surface area contributed by atoms with Crippen molar-refractivity contribution in [3.05, 3.63) is 69.6 Å². The molecule has 156 valence electrons. The number of benzene rings is 2. The fraction of sp³-hybridized carbons (Fsp3) is 0.190. The molecule has 0 spiro atoms. The Balaban J connectivity index is 1.94. The van der Waals surface area contributed by atoms with Crippen molar-refractivity contribution in [1.29, 1.82) is 0 Å². The summed E-state index contributed by atoms with van der Waals surface area (Å²) in [5.74, 6) is -1.24. The standard InChI is InChI=1S/C21H18Cl2FN3O2S/c1-12(2)25-19(28)11-30-21-26-17(10-13-7-8-14(22)15(23)9-13)20(29)27(21)18-6-4-3-5-16(18)24/h3-10,12H,11H2,1-2H3,(H,25,28). The van der Waals surface area contributed by atoms with E-state index in [1.165, 1.54) is 23.1 Å². The zero-order chi connectivity index (χ0) is 21.8. The molecule has 9 heteroatoms. The summed E-state index contributed by atoms with van der Waals surface area (Å²) in [6.45, 7) is 3.70. The number of carbonyl (C=O) groups excluding carboxylic acids is 2. The second kappa shape index (κ2) is 9.64. The highest BCUT2D eigenvalue weighted by Crippen LogP contribution is 2.31. The van der Waals surface area contributed by atoms with Crippen LogP contribution < -0.4 is 10.2 Å². The molecule has 0 radical (unpaired) electrons. The molecule has 0 aromatic heterocycles. The van der Waals surface area contributed by atoms with Crippen molar-refractivity contribution < 1.29 is 14.0 Å². The van der Waals surface area contributed by atoms with Crippen LogP contribution in [0, 0.1) is 5.82 Å². The van der Waals surface area contributed by atoms with E-state index in [0.29, 0.717) is 15.6 Å². The molecule has 0 unspecified atom stereocenters. The van der Waals surface area contributed by atoms with Crippen LogP contribution in [0.3, 0.4) is 0 Å². The van der Waals surface area contributed by atoms with E-state index in [1.54, 1.807) is 30.3 Å². The first-order valence-corrected chi connectivity index (χ1v) is 10.8. The lowest BCUT2D eigenvalue weighted by atomic mass is 10.2. The molecule has 3 rings (SSSR count). The fourth-order valence-electron chi connectivity index (χ4n) is 2.69. The largest absolute Gasteiger partial charge is 0.353 e. The number of rotatable bonds is 5. The van der Waals surface area contributed by atoms with Crippen LogP contribution in [0.5, 0.6) is 0 Å². The van der Waals surface area contributed by atoms with Gasteiger partial charge in [0.15, 0.2) is 5.17 Å². The lowest BCUT2D eigenvalue weighted by Crippen LogP contribution is -2.34. The first-order chi connectivity index (χ1) is 14.3. The first-order valence-electron chi connectivity index (χ1n) is 9.03. The molecule has 30 heavy (non-hydrogen) atoms. The van der Waals surface area contributed by atoms with Gasteiger partial charge in [0.25, 0.3) is 5.91 Å². The van der Waals surface area contributed by atoms with Gasteiger partial charge in [-0.2, -0.15) is 0 Å². The van der Waals surface area contributed by atoms with E-state index in [-0.39, 0.29) is 34.3 Å². The van der Waals surface area contributed by atoms with E-state index in [1.807, 2.05) is 13.8 Å². The third-order valence-corrected chi connectivity index (χ3v) is 5.63. The molecular formula is C21H18Cl2FN3O2S. The number of nitrogens with one attached hydrogen (secondary N) is 1. The molecule has 0 atom stereocenters. The predicted octanol–water partition coefficient (Wildman–Crippen LogP) is 5.13. The Bertz CT molecular complexity index is 1060. The lowest BCUT2D eigenvalue weighted by molar-refractivity contribution is -0.119. The zero-order valence-corrected chi connectivity index (χ0v) is 18.5. The third-order valence-electron chi connectivity index (χ3n) is 3.95. The van der Waals surface area contributed by atoms with E-state index in [4.69, 9.17) is 23.2 Å². The van der Waals surface area contributed by atoms with Gasteiger partial charge in [-0.3, -0.25) is 14.5 Å². The Hall–Kier alpha value is -2.35. The van der Waals surface area contributed by atoms with Crippen LogP contribution in [0.25, 0.3) is 6.08 Å². The molecule has 1 N–H and O–H groups in total. The number of amides is 2. The number of amidine groups is 1. The van der Waals surface area contributed by atoms with Gasteiger partial charge in [0.2, 0.25) is 5.91 Å². The van der Waals surface area contributed by atoms with Crippen molar-refractivity contribution in [3.8, 4) is 0 Å². The number of halogens is 3. The molecule has 2 aromatic carbocycles. The predicted molar refractivity (Wildman–Crippen MR) is 121 cm³/mol. The van der Waals surface area contributed by atoms with E-state index >= 15 is 0 Å². The highest BCUT2D eigenvalue weighted by molar-refractivity contribution is 8.14. The number of anilines is 1. The SMILES string of the molecule is CC(C)NC(=O)CSC1=NC(=Cc2ccc(Cl)c(Cl)c2)C(=O)N1c1ccccc1F. The summed E-state index contributed by atoms with van der Waals surface area (Å²) in [5.41, 5.74) is 0.785. The Morgan fingerprint density at radius 3 is 2.63 bits per heavy atom. The van der Waals surface area contributed by atoms with E-state index in [2.05, 4.69) is 10.3 Å². The number of para-hydroxylation sites is 1. The van der Waals surface area contributed by atoms with Crippen molar-refractivity contribution in [3.63, 3.8) is 0 Å². The van der Waals surface area contributed by atoms with Gasteiger partial charge in [0.05, 0.1) is 21.5 Å². The molecular weight excluding hydrogens is 448 g/mol. The van der Waals surface area contributed by atoms with Gasteiger partial charge in [-0.1, -0.05) is 53.2 Å². The molecule has 2 amide bonds. The first kappa shape index (κ1) is 22.3. The average molecular weight is 466 g/mol. The van der Waals surface area contributed by atoms with Gasteiger partial charge in [-0.05, 0) is 49.8 Å². The minimum Gasteiger partial charge on any atom is -0.353 e. The highest BCUT2D eigenvalue weighted by atomic mass is 35.5. The van der Waals surface area contributed by atoms with Crippen LogP contribution in [-0.4, -0.2) is 28.8 Å². The van der Waals surface area contributed by atoms with E-state index in [0.717, 1.165) is 11.8 Å². The number of aliphatic imine (C=N–C) groups is 1. The lowest BCUT2D eigenvalue weighted by Gasteiger charge is -2.18. The van der Waals surface area contributed by atoms with Crippen LogP contribution in [0.1, 0.15) is 19.4 Å². The molecule has 5 nitrogen and oxygen atoms in total. The molecule has 0 fully saturated rings. The monoisotopic (exact) mass is 465 g/mol. The maximum Gasteiger partial charge on any atom is 0.283 e. The van der Waals surface area contributed by atoms with Crippen molar-refractivity contribution in [2.24, 2.45) is 4.99 Å².